The molecule has 1 aliphatic heterocycles. The molecule has 2 rings (SSSR count). The average Bonchev–Trinajstić information content (AvgIpc) is 2.79. The molecule has 1 aromatic heterocycles. The lowest BCUT2D eigenvalue weighted by atomic mass is 9.93. The Balaban J connectivity index is 2.00. The van der Waals surface area contributed by atoms with Gasteiger partial charge in [-0.25, -0.2) is 0 Å². The van der Waals surface area contributed by atoms with Crippen molar-refractivity contribution in [3.8, 4) is 0 Å². The summed E-state index contributed by atoms with van der Waals surface area (Å²) in [7, 11) is 0. The normalized spacial score (nSPS) is 16.2. The number of aryl methyl sites for hydroxylation is 1. The van der Waals surface area contributed by atoms with E-state index in [1.54, 1.807) is 0 Å². The lowest BCUT2D eigenvalue weighted by Crippen LogP contribution is -2.39. The Morgan fingerprint density at radius 1 is 1.38 bits per heavy atom. The first-order chi connectivity index (χ1) is 10.0. The van der Waals surface area contributed by atoms with Gasteiger partial charge in [0.25, 0.3) is 5.91 Å². The van der Waals surface area contributed by atoms with E-state index >= 15 is 0 Å². The van der Waals surface area contributed by atoms with Crippen LogP contribution in [-0.4, -0.2) is 39.5 Å². The molecular weight excluding hydrogens is 336 g/mol. The van der Waals surface area contributed by atoms with E-state index < -0.39 is 5.97 Å². The van der Waals surface area contributed by atoms with Gasteiger partial charge in [-0.1, -0.05) is 6.92 Å². The Labute approximate surface area is 133 Å². The molecule has 0 unspecified atom stereocenters. The van der Waals surface area contributed by atoms with Crippen LogP contribution in [0.25, 0.3) is 0 Å². The Bertz CT molecular complexity index is 519. The number of rotatable bonds is 5. The van der Waals surface area contributed by atoms with Crippen LogP contribution in [0.1, 0.15) is 43.1 Å². The van der Waals surface area contributed by atoms with E-state index in [1.807, 2.05) is 21.7 Å². The number of amides is 1. The highest BCUT2D eigenvalue weighted by Gasteiger charge is 2.26. The monoisotopic (exact) mass is 356 g/mol. The van der Waals surface area contributed by atoms with Crippen LogP contribution >= 0.6 is 15.9 Å². The van der Waals surface area contributed by atoms with E-state index in [9.17, 15) is 9.59 Å². The summed E-state index contributed by atoms with van der Waals surface area (Å²) < 4.78 is 2.90. The van der Waals surface area contributed by atoms with E-state index in [1.165, 1.54) is 0 Å². The number of likely N-dealkylation sites (tertiary alicyclic amines) is 1. The molecule has 2 heterocycles. The van der Waals surface area contributed by atoms with Gasteiger partial charge < -0.3 is 14.6 Å². The highest BCUT2D eigenvalue weighted by atomic mass is 79.9. The Morgan fingerprint density at radius 2 is 2.05 bits per heavy atom. The van der Waals surface area contributed by atoms with Crippen molar-refractivity contribution < 1.29 is 14.7 Å². The van der Waals surface area contributed by atoms with Gasteiger partial charge in [-0.15, -0.1) is 0 Å². The van der Waals surface area contributed by atoms with Crippen molar-refractivity contribution >= 4 is 27.8 Å². The van der Waals surface area contributed by atoms with Crippen LogP contribution in [0.4, 0.5) is 0 Å². The van der Waals surface area contributed by atoms with Gasteiger partial charge in [-0.2, -0.15) is 0 Å². The van der Waals surface area contributed by atoms with Gasteiger partial charge >= 0.3 is 5.97 Å². The van der Waals surface area contributed by atoms with E-state index in [-0.39, 0.29) is 18.2 Å². The zero-order valence-corrected chi connectivity index (χ0v) is 13.8. The smallest absolute Gasteiger partial charge is 0.303 e. The van der Waals surface area contributed by atoms with Crippen molar-refractivity contribution in [2.24, 2.45) is 5.92 Å². The molecule has 0 atom stereocenters. The number of carbonyl (C=O) groups is 2. The summed E-state index contributed by atoms with van der Waals surface area (Å²) >= 11 is 3.43. The number of halogens is 1. The standard InChI is InChI=1S/C15H21BrN2O3/c1-2-5-18-10-12(16)9-13(18)15(21)17-6-3-11(4-7-17)8-14(19)20/h9-11H,2-8H2,1H3,(H,19,20). The summed E-state index contributed by atoms with van der Waals surface area (Å²) in [5.41, 5.74) is 0.709. The quantitative estimate of drug-likeness (QED) is 0.881. The maximum Gasteiger partial charge on any atom is 0.303 e. The number of aliphatic carboxylic acids is 1. The highest BCUT2D eigenvalue weighted by Crippen LogP contribution is 2.23. The van der Waals surface area contributed by atoms with Gasteiger partial charge in [0.2, 0.25) is 0 Å². The lowest BCUT2D eigenvalue weighted by Gasteiger charge is -2.31. The van der Waals surface area contributed by atoms with Crippen LogP contribution in [0.15, 0.2) is 16.7 Å². The van der Waals surface area contributed by atoms with Gasteiger partial charge in [-0.05, 0) is 47.2 Å². The zero-order chi connectivity index (χ0) is 15.4. The van der Waals surface area contributed by atoms with E-state index in [0.717, 1.165) is 30.3 Å². The molecular formula is C15H21BrN2O3. The lowest BCUT2D eigenvalue weighted by molar-refractivity contribution is -0.138. The van der Waals surface area contributed by atoms with E-state index in [0.29, 0.717) is 18.8 Å². The van der Waals surface area contributed by atoms with Crippen LogP contribution in [0.5, 0.6) is 0 Å². The van der Waals surface area contributed by atoms with Crippen molar-refractivity contribution in [1.82, 2.24) is 9.47 Å². The van der Waals surface area contributed by atoms with Crippen molar-refractivity contribution in [3.63, 3.8) is 0 Å². The van der Waals surface area contributed by atoms with E-state index in [4.69, 9.17) is 5.11 Å². The number of aromatic nitrogens is 1. The number of hydrogen-bond acceptors (Lipinski definition) is 2. The second-order valence-electron chi connectivity index (χ2n) is 5.57. The second kappa shape index (κ2) is 7.11. The summed E-state index contributed by atoms with van der Waals surface area (Å²) in [6.45, 7) is 4.19. The molecule has 1 aromatic rings. The minimum Gasteiger partial charge on any atom is -0.481 e. The molecule has 0 bridgehead atoms. The minimum absolute atomic E-state index is 0.0444. The summed E-state index contributed by atoms with van der Waals surface area (Å²) in [6, 6.07) is 1.86. The fourth-order valence-corrected chi connectivity index (χ4v) is 3.29. The molecule has 5 nitrogen and oxygen atoms in total. The van der Waals surface area contributed by atoms with E-state index in [2.05, 4.69) is 22.9 Å². The molecule has 6 heteroatoms. The summed E-state index contributed by atoms with van der Waals surface area (Å²) in [5.74, 6) is -0.510. The summed E-state index contributed by atoms with van der Waals surface area (Å²) in [5, 5.41) is 8.83. The Hall–Kier alpha value is -1.30. The maximum atomic E-state index is 12.6. The van der Waals surface area contributed by atoms with Crippen LogP contribution in [-0.2, 0) is 11.3 Å². The number of carboxylic acids is 1. The molecule has 1 saturated heterocycles. The number of carboxylic acid groups (broad SMARTS) is 1. The van der Waals surface area contributed by atoms with Crippen molar-refractivity contribution in [2.75, 3.05) is 13.1 Å². The Morgan fingerprint density at radius 3 is 2.62 bits per heavy atom. The van der Waals surface area contributed by atoms with Crippen molar-refractivity contribution in [3.05, 3.63) is 22.4 Å². The molecule has 0 aliphatic carbocycles. The molecule has 0 saturated carbocycles. The maximum absolute atomic E-state index is 12.6. The molecule has 1 N–H and O–H groups in total. The summed E-state index contributed by atoms with van der Waals surface area (Å²) in [4.78, 5) is 25.2. The molecule has 1 amide bonds. The first-order valence-corrected chi connectivity index (χ1v) is 8.17. The predicted molar refractivity (Wildman–Crippen MR) is 83.3 cm³/mol. The van der Waals surface area contributed by atoms with Crippen LogP contribution in [0.2, 0.25) is 0 Å². The molecule has 1 fully saturated rings. The third-order valence-corrected chi connectivity index (χ3v) is 4.35. The topological polar surface area (TPSA) is 62.5 Å². The first-order valence-electron chi connectivity index (χ1n) is 7.38. The molecule has 0 spiro atoms. The summed E-state index contributed by atoms with van der Waals surface area (Å²) in [6.07, 6.45) is 4.66. The van der Waals surface area contributed by atoms with Gasteiger partial charge in [0, 0.05) is 36.7 Å². The molecule has 0 aromatic carbocycles. The predicted octanol–water partition coefficient (Wildman–Crippen LogP) is 2.99. The molecule has 21 heavy (non-hydrogen) atoms. The third-order valence-electron chi connectivity index (χ3n) is 3.91. The number of nitrogens with zero attached hydrogens (tertiary/aromatic N) is 2. The zero-order valence-electron chi connectivity index (χ0n) is 12.2. The van der Waals surface area contributed by atoms with Crippen LogP contribution in [0.3, 0.4) is 0 Å². The second-order valence-corrected chi connectivity index (χ2v) is 6.49. The highest BCUT2D eigenvalue weighted by molar-refractivity contribution is 9.10. The van der Waals surface area contributed by atoms with Gasteiger partial charge in [-0.3, -0.25) is 9.59 Å². The van der Waals surface area contributed by atoms with Crippen LogP contribution in [0, 0.1) is 5.92 Å². The largest absolute Gasteiger partial charge is 0.481 e. The van der Waals surface area contributed by atoms with Crippen LogP contribution < -0.4 is 0 Å². The third kappa shape index (κ3) is 4.09. The first kappa shape index (κ1) is 16.1. The fourth-order valence-electron chi connectivity index (χ4n) is 2.83. The molecule has 1 aliphatic rings. The van der Waals surface area contributed by atoms with Gasteiger partial charge in [0.15, 0.2) is 0 Å². The minimum atomic E-state index is -0.750. The number of carbonyl (C=O) groups excluding carboxylic acids is 1. The Kier molecular flexibility index (Phi) is 5.45. The molecule has 0 radical (unpaired) electrons. The SMILES string of the molecule is CCCn1cc(Br)cc1C(=O)N1CCC(CC(=O)O)CC1. The van der Waals surface area contributed by atoms with Crippen molar-refractivity contribution in [2.45, 2.75) is 39.2 Å². The number of hydrogen-bond donors (Lipinski definition) is 1. The van der Waals surface area contributed by atoms with Gasteiger partial charge in [0.1, 0.15) is 5.69 Å². The fraction of sp³-hybridized carbons (Fsp3) is 0.600. The number of piperidine rings is 1. The molecule has 116 valence electrons. The average molecular weight is 357 g/mol. The van der Waals surface area contributed by atoms with Gasteiger partial charge in [0.05, 0.1) is 0 Å². The van der Waals surface area contributed by atoms with Crippen molar-refractivity contribution in [1.29, 1.82) is 0 Å².